The maximum Gasteiger partial charge on any atom is 0.317 e. The number of halogens is 3. The molecule has 0 aliphatic carbocycles. The minimum atomic E-state index is -1.52. The summed E-state index contributed by atoms with van der Waals surface area (Å²) < 4.78 is 39.0. The molecule has 19 heavy (non-hydrogen) atoms. The van der Waals surface area contributed by atoms with Crippen molar-refractivity contribution in [3.63, 3.8) is 0 Å². The second-order valence-electron chi connectivity index (χ2n) is 5.29. The summed E-state index contributed by atoms with van der Waals surface area (Å²) in [6, 6.07) is 1.75. The number of benzene rings is 1. The normalized spacial score (nSPS) is 11.9. The van der Waals surface area contributed by atoms with Crippen molar-refractivity contribution >= 4 is 5.97 Å². The van der Waals surface area contributed by atoms with Crippen molar-refractivity contribution < 1.29 is 23.1 Å². The van der Waals surface area contributed by atoms with Gasteiger partial charge in [0.05, 0.1) is 6.54 Å². The lowest BCUT2D eigenvalue weighted by molar-refractivity contribution is -0.139. The molecule has 0 unspecified atom stereocenters. The Bertz CT molecular complexity index is 460. The number of hydrogen-bond donors (Lipinski definition) is 1. The van der Waals surface area contributed by atoms with Gasteiger partial charge >= 0.3 is 5.97 Å². The smallest absolute Gasteiger partial charge is 0.317 e. The molecule has 0 saturated carbocycles. The molecular weight excluding hydrogens is 259 g/mol. The van der Waals surface area contributed by atoms with Crippen LogP contribution in [0.3, 0.4) is 0 Å². The molecule has 0 amide bonds. The van der Waals surface area contributed by atoms with Crippen molar-refractivity contribution in [1.82, 2.24) is 4.90 Å². The second-order valence-corrected chi connectivity index (χ2v) is 5.29. The summed E-state index contributed by atoms with van der Waals surface area (Å²) in [5.41, 5.74) is -0.313. The zero-order valence-corrected chi connectivity index (χ0v) is 11.0. The van der Waals surface area contributed by atoms with Gasteiger partial charge in [-0.3, -0.25) is 9.69 Å². The van der Waals surface area contributed by atoms with Gasteiger partial charge in [-0.15, -0.1) is 0 Å². The van der Waals surface area contributed by atoms with Crippen LogP contribution in [0.25, 0.3) is 0 Å². The third-order valence-electron chi connectivity index (χ3n) is 2.69. The number of rotatable bonds is 4. The first-order valence-electron chi connectivity index (χ1n) is 5.71. The molecule has 0 aromatic heterocycles. The van der Waals surface area contributed by atoms with Gasteiger partial charge in [-0.05, 0) is 38.5 Å². The van der Waals surface area contributed by atoms with Gasteiger partial charge in [-0.2, -0.15) is 0 Å². The Morgan fingerprint density at radius 2 is 1.68 bits per heavy atom. The maximum absolute atomic E-state index is 13.1. The van der Waals surface area contributed by atoms with Crippen molar-refractivity contribution in [1.29, 1.82) is 0 Å². The minimum absolute atomic E-state index is 0.0178. The molecule has 1 aromatic carbocycles. The first-order chi connectivity index (χ1) is 8.61. The zero-order valence-electron chi connectivity index (χ0n) is 11.0. The van der Waals surface area contributed by atoms with Crippen LogP contribution in [-0.4, -0.2) is 28.1 Å². The molecule has 1 aromatic rings. The Labute approximate surface area is 109 Å². The molecule has 106 valence electrons. The average Bonchev–Trinajstić information content (AvgIpc) is 2.23. The van der Waals surface area contributed by atoms with Crippen LogP contribution in [0.15, 0.2) is 12.1 Å². The number of nitrogens with zero attached hydrogens (tertiary/aromatic N) is 1. The van der Waals surface area contributed by atoms with E-state index in [1.165, 1.54) is 4.90 Å². The van der Waals surface area contributed by atoms with Gasteiger partial charge in [0, 0.05) is 12.1 Å². The molecule has 0 atom stereocenters. The van der Waals surface area contributed by atoms with E-state index in [0.717, 1.165) is 12.1 Å². The van der Waals surface area contributed by atoms with Crippen LogP contribution in [0, 0.1) is 17.5 Å². The second kappa shape index (κ2) is 5.61. The summed E-state index contributed by atoms with van der Waals surface area (Å²) >= 11 is 0. The number of aliphatic carboxylic acids is 1. The highest BCUT2D eigenvalue weighted by atomic mass is 19.2. The highest BCUT2D eigenvalue weighted by Gasteiger charge is 2.24. The van der Waals surface area contributed by atoms with E-state index in [2.05, 4.69) is 0 Å². The fraction of sp³-hybridized carbons (Fsp3) is 0.462. The molecular formula is C13H16F3NO2. The predicted molar refractivity (Wildman–Crippen MR) is 64.1 cm³/mol. The van der Waals surface area contributed by atoms with Crippen molar-refractivity contribution in [3.8, 4) is 0 Å². The molecule has 1 N–H and O–H groups in total. The van der Waals surface area contributed by atoms with Gasteiger partial charge < -0.3 is 5.11 Å². The lowest BCUT2D eigenvalue weighted by atomic mass is 10.0. The van der Waals surface area contributed by atoms with Gasteiger partial charge in [0.1, 0.15) is 0 Å². The Kier molecular flexibility index (Phi) is 4.57. The highest BCUT2D eigenvalue weighted by Crippen LogP contribution is 2.20. The van der Waals surface area contributed by atoms with Gasteiger partial charge in [-0.1, -0.05) is 0 Å². The predicted octanol–water partition coefficient (Wildman–Crippen LogP) is 2.79. The van der Waals surface area contributed by atoms with Crippen LogP contribution in [0.5, 0.6) is 0 Å². The number of carbonyl (C=O) groups is 1. The number of hydrogen-bond acceptors (Lipinski definition) is 2. The van der Waals surface area contributed by atoms with Crippen molar-refractivity contribution in [3.05, 3.63) is 35.1 Å². The van der Waals surface area contributed by atoms with Crippen LogP contribution in [0.2, 0.25) is 0 Å². The quantitative estimate of drug-likeness (QED) is 0.859. The zero-order chi connectivity index (χ0) is 14.8. The van der Waals surface area contributed by atoms with Gasteiger partial charge in [0.25, 0.3) is 0 Å². The van der Waals surface area contributed by atoms with Gasteiger partial charge in [-0.25, -0.2) is 13.2 Å². The molecule has 0 spiro atoms. The van der Waals surface area contributed by atoms with Crippen LogP contribution in [0.1, 0.15) is 26.3 Å². The van der Waals surface area contributed by atoms with Crippen LogP contribution < -0.4 is 0 Å². The largest absolute Gasteiger partial charge is 0.480 e. The molecule has 0 fully saturated rings. The Morgan fingerprint density at radius 1 is 1.21 bits per heavy atom. The third-order valence-corrected chi connectivity index (χ3v) is 2.69. The number of carboxylic acid groups (broad SMARTS) is 1. The molecule has 0 radical (unpaired) electrons. The van der Waals surface area contributed by atoms with E-state index in [9.17, 15) is 18.0 Å². The molecule has 0 saturated heterocycles. The van der Waals surface area contributed by atoms with Crippen LogP contribution in [0.4, 0.5) is 13.2 Å². The van der Waals surface area contributed by atoms with Gasteiger partial charge in [0.15, 0.2) is 17.5 Å². The van der Waals surface area contributed by atoms with E-state index in [1.807, 2.05) is 0 Å². The monoisotopic (exact) mass is 275 g/mol. The van der Waals surface area contributed by atoms with Crippen LogP contribution >= 0.6 is 0 Å². The summed E-state index contributed by atoms with van der Waals surface area (Å²) in [4.78, 5) is 12.3. The minimum Gasteiger partial charge on any atom is -0.480 e. The topological polar surface area (TPSA) is 40.5 Å². The fourth-order valence-corrected chi connectivity index (χ4v) is 1.61. The summed E-state index contributed by atoms with van der Waals surface area (Å²) in [5, 5.41) is 8.83. The fourth-order valence-electron chi connectivity index (χ4n) is 1.61. The molecule has 0 aliphatic rings. The van der Waals surface area contributed by atoms with E-state index >= 15 is 0 Å². The van der Waals surface area contributed by atoms with Crippen molar-refractivity contribution in [2.45, 2.75) is 32.9 Å². The summed E-state index contributed by atoms with van der Waals surface area (Å²) in [6.45, 7) is 5.10. The summed E-state index contributed by atoms with van der Waals surface area (Å²) in [7, 11) is 0. The molecule has 1 rings (SSSR count). The lowest BCUT2D eigenvalue weighted by Crippen LogP contribution is -2.43. The lowest BCUT2D eigenvalue weighted by Gasteiger charge is -2.34. The highest BCUT2D eigenvalue weighted by molar-refractivity contribution is 5.69. The van der Waals surface area contributed by atoms with Crippen molar-refractivity contribution in [2.75, 3.05) is 6.54 Å². The molecule has 3 nitrogen and oxygen atoms in total. The van der Waals surface area contributed by atoms with E-state index in [-0.39, 0.29) is 18.7 Å². The third kappa shape index (κ3) is 4.24. The Morgan fingerprint density at radius 3 is 2.05 bits per heavy atom. The van der Waals surface area contributed by atoms with E-state index in [4.69, 9.17) is 5.11 Å². The van der Waals surface area contributed by atoms with E-state index < -0.39 is 29.0 Å². The van der Waals surface area contributed by atoms with Crippen LogP contribution in [-0.2, 0) is 11.3 Å². The molecule has 6 heteroatoms. The summed E-state index contributed by atoms with van der Waals surface area (Å²) in [6.07, 6.45) is 0. The standard InChI is InChI=1S/C13H16F3NO2/c1-13(2,3)17(7-11(18)19)6-8-4-9(14)12(16)10(15)5-8/h4-5H,6-7H2,1-3H3,(H,18,19). The van der Waals surface area contributed by atoms with E-state index in [0.29, 0.717) is 0 Å². The SMILES string of the molecule is CC(C)(C)N(CC(=O)O)Cc1cc(F)c(F)c(F)c1. The van der Waals surface area contributed by atoms with E-state index in [1.54, 1.807) is 20.8 Å². The average molecular weight is 275 g/mol. The molecule has 0 aliphatic heterocycles. The molecule has 0 bridgehead atoms. The van der Waals surface area contributed by atoms with Gasteiger partial charge in [0.2, 0.25) is 0 Å². The Hall–Kier alpha value is -1.56. The first kappa shape index (κ1) is 15.5. The maximum atomic E-state index is 13.1. The first-order valence-corrected chi connectivity index (χ1v) is 5.71. The summed E-state index contributed by atoms with van der Waals surface area (Å²) in [5.74, 6) is -5.12. The number of carboxylic acids is 1. The molecule has 0 heterocycles. The Balaban J connectivity index is 3.00. The van der Waals surface area contributed by atoms with Crippen molar-refractivity contribution in [2.24, 2.45) is 0 Å².